The molecular formula is C23H24F2O2. The maximum Gasteiger partial charge on any atom is 0.387 e. The molecule has 0 heterocycles. The van der Waals surface area contributed by atoms with Crippen LogP contribution in [0.2, 0.25) is 0 Å². The number of halogens is 2. The molecule has 27 heavy (non-hydrogen) atoms. The van der Waals surface area contributed by atoms with Crippen molar-refractivity contribution in [3.8, 4) is 17.6 Å². The van der Waals surface area contributed by atoms with E-state index in [9.17, 15) is 8.78 Å². The highest BCUT2D eigenvalue weighted by Gasteiger charge is 2.27. The van der Waals surface area contributed by atoms with E-state index in [1.165, 1.54) is 5.56 Å². The normalized spacial score (nSPS) is 13.3. The zero-order chi connectivity index (χ0) is 19.1. The summed E-state index contributed by atoms with van der Waals surface area (Å²) in [4.78, 5) is 0. The first-order valence-corrected chi connectivity index (χ1v) is 9.30. The number of hydrogen-bond donors (Lipinski definition) is 0. The average molecular weight is 370 g/mol. The Hall–Kier alpha value is -2.38. The van der Waals surface area contributed by atoms with E-state index in [0.29, 0.717) is 18.3 Å². The van der Waals surface area contributed by atoms with E-state index in [1.807, 2.05) is 24.3 Å². The molecule has 2 aromatic rings. The molecule has 2 aromatic carbocycles. The molecule has 0 radical (unpaired) electrons. The van der Waals surface area contributed by atoms with Gasteiger partial charge >= 0.3 is 6.61 Å². The quantitative estimate of drug-likeness (QED) is 0.461. The topological polar surface area (TPSA) is 18.5 Å². The molecule has 4 heteroatoms. The van der Waals surface area contributed by atoms with Gasteiger partial charge in [0.2, 0.25) is 0 Å². The minimum absolute atomic E-state index is 0.324. The third-order valence-electron chi connectivity index (χ3n) is 4.60. The van der Waals surface area contributed by atoms with Crippen molar-refractivity contribution in [2.75, 3.05) is 13.7 Å². The highest BCUT2D eigenvalue weighted by Crippen LogP contribution is 2.45. The van der Waals surface area contributed by atoms with Gasteiger partial charge in [0.05, 0.1) is 6.61 Å². The first-order valence-electron chi connectivity index (χ1n) is 9.30. The summed E-state index contributed by atoms with van der Waals surface area (Å²) >= 11 is 0. The van der Waals surface area contributed by atoms with Crippen LogP contribution in [0.5, 0.6) is 5.75 Å². The van der Waals surface area contributed by atoms with Gasteiger partial charge in [-0.1, -0.05) is 36.1 Å². The Morgan fingerprint density at radius 1 is 1.07 bits per heavy atom. The predicted molar refractivity (Wildman–Crippen MR) is 102 cm³/mol. The van der Waals surface area contributed by atoms with Gasteiger partial charge in [-0.2, -0.15) is 8.78 Å². The summed E-state index contributed by atoms with van der Waals surface area (Å²) in [6.45, 7) is -2.14. The van der Waals surface area contributed by atoms with Crippen LogP contribution < -0.4 is 4.74 Å². The lowest BCUT2D eigenvalue weighted by atomic mass is 9.99. The van der Waals surface area contributed by atoms with Crippen LogP contribution in [0.1, 0.15) is 47.4 Å². The second-order valence-corrected chi connectivity index (χ2v) is 6.77. The van der Waals surface area contributed by atoms with Crippen molar-refractivity contribution in [3.63, 3.8) is 0 Å². The van der Waals surface area contributed by atoms with Crippen LogP contribution in [0.15, 0.2) is 42.5 Å². The van der Waals surface area contributed by atoms with Gasteiger partial charge in [-0.3, -0.25) is 0 Å². The van der Waals surface area contributed by atoms with Crippen LogP contribution in [0.25, 0.3) is 0 Å². The molecule has 0 bridgehead atoms. The summed E-state index contributed by atoms with van der Waals surface area (Å²) in [5, 5.41) is 0. The van der Waals surface area contributed by atoms with Crippen molar-refractivity contribution >= 4 is 0 Å². The molecule has 1 saturated carbocycles. The SMILES string of the molecule is COCCC#Cc1cccc(CCc2ccc(OC(F)F)c(C3CC3)c2)c1. The Morgan fingerprint density at radius 2 is 1.85 bits per heavy atom. The van der Waals surface area contributed by atoms with E-state index < -0.39 is 6.61 Å². The Bertz CT molecular complexity index is 817. The van der Waals surface area contributed by atoms with Crippen molar-refractivity contribution in [1.82, 2.24) is 0 Å². The molecule has 2 nitrogen and oxygen atoms in total. The summed E-state index contributed by atoms with van der Waals surface area (Å²) < 4.78 is 34.8. The largest absolute Gasteiger partial charge is 0.435 e. The molecule has 1 fully saturated rings. The van der Waals surface area contributed by atoms with Gasteiger partial charge < -0.3 is 9.47 Å². The highest BCUT2D eigenvalue weighted by atomic mass is 19.3. The monoisotopic (exact) mass is 370 g/mol. The van der Waals surface area contributed by atoms with E-state index in [2.05, 4.69) is 28.7 Å². The van der Waals surface area contributed by atoms with Crippen molar-refractivity contribution in [1.29, 1.82) is 0 Å². The van der Waals surface area contributed by atoms with Crippen LogP contribution in [0.4, 0.5) is 8.78 Å². The van der Waals surface area contributed by atoms with E-state index in [4.69, 9.17) is 4.74 Å². The Labute approximate surface area is 159 Å². The van der Waals surface area contributed by atoms with Crippen molar-refractivity contribution in [3.05, 3.63) is 64.7 Å². The number of rotatable bonds is 8. The minimum Gasteiger partial charge on any atom is -0.435 e. The molecule has 0 amide bonds. The number of hydrogen-bond acceptors (Lipinski definition) is 2. The Balaban J connectivity index is 1.64. The average Bonchev–Trinajstić information content (AvgIpc) is 3.49. The smallest absolute Gasteiger partial charge is 0.387 e. The van der Waals surface area contributed by atoms with Gasteiger partial charge in [0.25, 0.3) is 0 Å². The molecular weight excluding hydrogens is 346 g/mol. The van der Waals surface area contributed by atoms with Gasteiger partial charge in [0.1, 0.15) is 5.75 Å². The first-order chi connectivity index (χ1) is 13.2. The molecule has 0 aromatic heterocycles. The molecule has 1 aliphatic rings. The first kappa shape index (κ1) is 19.4. The molecule has 1 aliphatic carbocycles. The molecule has 142 valence electrons. The lowest BCUT2D eigenvalue weighted by molar-refractivity contribution is -0.0504. The molecule has 0 saturated heterocycles. The molecule has 0 N–H and O–H groups in total. The highest BCUT2D eigenvalue weighted by molar-refractivity contribution is 5.42. The molecule has 0 aliphatic heterocycles. The van der Waals surface area contributed by atoms with Crippen molar-refractivity contribution < 1.29 is 18.3 Å². The van der Waals surface area contributed by atoms with Gasteiger partial charge in [-0.15, -0.1) is 0 Å². The van der Waals surface area contributed by atoms with E-state index in [1.54, 1.807) is 13.2 Å². The van der Waals surface area contributed by atoms with Crippen molar-refractivity contribution in [2.45, 2.75) is 44.6 Å². The fourth-order valence-corrected chi connectivity index (χ4v) is 3.08. The number of aryl methyl sites for hydroxylation is 2. The molecule has 0 atom stereocenters. The van der Waals surface area contributed by atoms with Gasteiger partial charge in [-0.05, 0) is 66.5 Å². The van der Waals surface area contributed by atoms with Crippen LogP contribution in [0, 0.1) is 11.8 Å². The van der Waals surface area contributed by atoms with E-state index in [0.717, 1.165) is 48.8 Å². The summed E-state index contributed by atoms with van der Waals surface area (Å²) in [6.07, 6.45) is 4.55. The summed E-state index contributed by atoms with van der Waals surface area (Å²) in [5.74, 6) is 6.95. The lowest BCUT2D eigenvalue weighted by Gasteiger charge is -2.12. The third kappa shape index (κ3) is 6.08. The summed E-state index contributed by atoms with van der Waals surface area (Å²) in [6, 6.07) is 13.8. The van der Waals surface area contributed by atoms with E-state index in [-0.39, 0.29) is 0 Å². The standard InChI is InChI=1S/C23H24F2O2/c1-26-14-3-2-5-17-6-4-7-18(15-17)8-9-19-10-13-22(27-23(24)25)21(16-19)20-11-12-20/h4,6-7,10,13,15-16,20,23H,3,8-9,11-12,14H2,1H3. The second kappa shape index (κ2) is 9.53. The van der Waals surface area contributed by atoms with Crippen LogP contribution >= 0.6 is 0 Å². The third-order valence-corrected chi connectivity index (χ3v) is 4.60. The summed E-state index contributed by atoms with van der Waals surface area (Å²) in [5.41, 5.74) is 4.29. The van der Waals surface area contributed by atoms with Crippen LogP contribution in [-0.2, 0) is 17.6 Å². The van der Waals surface area contributed by atoms with Crippen molar-refractivity contribution in [2.24, 2.45) is 0 Å². The lowest BCUT2D eigenvalue weighted by Crippen LogP contribution is -2.05. The second-order valence-electron chi connectivity index (χ2n) is 6.77. The van der Waals surface area contributed by atoms with E-state index >= 15 is 0 Å². The van der Waals surface area contributed by atoms with Crippen LogP contribution in [-0.4, -0.2) is 20.3 Å². The molecule has 0 unspecified atom stereocenters. The summed E-state index contributed by atoms with van der Waals surface area (Å²) in [7, 11) is 1.67. The Kier molecular flexibility index (Phi) is 6.84. The fraction of sp³-hybridized carbons (Fsp3) is 0.391. The number of benzene rings is 2. The maximum atomic E-state index is 12.6. The van der Waals surface area contributed by atoms with Gasteiger partial charge in [0, 0.05) is 19.1 Å². The molecule has 3 rings (SSSR count). The van der Waals surface area contributed by atoms with Gasteiger partial charge in [0.15, 0.2) is 0 Å². The van der Waals surface area contributed by atoms with Gasteiger partial charge in [-0.25, -0.2) is 0 Å². The maximum absolute atomic E-state index is 12.6. The number of alkyl halides is 2. The zero-order valence-corrected chi connectivity index (χ0v) is 15.5. The molecule has 0 spiro atoms. The predicted octanol–water partition coefficient (Wildman–Crippen LogP) is 5.34. The minimum atomic E-state index is -2.78. The number of methoxy groups -OCH3 is 1. The zero-order valence-electron chi connectivity index (χ0n) is 15.5. The number of ether oxygens (including phenoxy) is 2. The Morgan fingerprint density at radius 3 is 2.56 bits per heavy atom. The fourth-order valence-electron chi connectivity index (χ4n) is 3.08. The van der Waals surface area contributed by atoms with Crippen LogP contribution in [0.3, 0.4) is 0 Å².